The number of nitro benzene ring substituents is 1. The van der Waals surface area contributed by atoms with Gasteiger partial charge < -0.3 is 28.4 Å². The number of hydrogen-bond acceptors (Lipinski definition) is 12. The molecular weight excluding hydrogens is 446 g/mol. The van der Waals surface area contributed by atoms with Gasteiger partial charge in [-0.2, -0.15) is 0 Å². The van der Waals surface area contributed by atoms with Gasteiger partial charge in [-0.1, -0.05) is 0 Å². The van der Waals surface area contributed by atoms with Crippen molar-refractivity contribution in [2.75, 3.05) is 6.61 Å². The van der Waals surface area contributed by atoms with Crippen LogP contribution in [0.1, 0.15) is 27.7 Å². The number of non-ortho nitro benzene ring substituents is 1. The van der Waals surface area contributed by atoms with Gasteiger partial charge in [0.05, 0.1) is 4.92 Å². The zero-order valence-corrected chi connectivity index (χ0v) is 18.2. The molecule has 2 rings (SSSR count). The number of carbonyl (C=O) groups is 4. The maximum atomic E-state index is 11.8. The van der Waals surface area contributed by atoms with E-state index in [-0.39, 0.29) is 11.4 Å². The summed E-state index contributed by atoms with van der Waals surface area (Å²) < 4.78 is 32.3. The van der Waals surface area contributed by atoms with Crippen LogP contribution < -0.4 is 4.74 Å². The van der Waals surface area contributed by atoms with Crippen LogP contribution in [-0.4, -0.2) is 66.1 Å². The number of nitro groups is 1. The summed E-state index contributed by atoms with van der Waals surface area (Å²) in [5.41, 5.74) is -0.191. The Balaban J connectivity index is 2.43. The quantitative estimate of drug-likeness (QED) is 0.230. The van der Waals surface area contributed by atoms with Crippen molar-refractivity contribution >= 4 is 29.6 Å². The first-order valence-electron chi connectivity index (χ1n) is 9.69. The van der Waals surface area contributed by atoms with Crippen LogP contribution >= 0.6 is 0 Å². The minimum Gasteiger partial charge on any atom is -0.463 e. The molecular formula is C20H23NO12. The highest BCUT2D eigenvalue weighted by molar-refractivity contribution is 5.68. The van der Waals surface area contributed by atoms with Gasteiger partial charge in [0.1, 0.15) is 18.5 Å². The number of rotatable bonds is 8. The van der Waals surface area contributed by atoms with E-state index >= 15 is 0 Å². The summed E-state index contributed by atoms with van der Waals surface area (Å²) in [5.74, 6) is -2.87. The Hall–Kier alpha value is -3.74. The van der Waals surface area contributed by atoms with E-state index in [1.807, 2.05) is 0 Å². The number of carbonyl (C=O) groups excluding carboxylic acids is 4. The molecule has 1 aliphatic rings. The third kappa shape index (κ3) is 7.42. The maximum absolute atomic E-state index is 11.8. The molecule has 0 aromatic heterocycles. The molecule has 0 N–H and O–H groups in total. The van der Waals surface area contributed by atoms with Gasteiger partial charge in [-0.05, 0) is 12.1 Å². The van der Waals surface area contributed by atoms with Crippen LogP contribution in [0.5, 0.6) is 5.75 Å². The SMILES string of the molecule is CC(=O)OC[C@@H]1O[C@H](Oc2ccc([N+](=O)[O-])cc2)[C@H](OC(C)=O)[C@@H](OC(C)=O)[C@@H]1OC(C)=O. The normalized spacial score (nSPS) is 24.2. The van der Waals surface area contributed by atoms with Crippen LogP contribution in [0.3, 0.4) is 0 Å². The fourth-order valence-electron chi connectivity index (χ4n) is 3.06. The summed E-state index contributed by atoms with van der Waals surface area (Å²) in [6, 6.07) is 4.93. The molecule has 1 heterocycles. The Morgan fingerprint density at radius 1 is 0.848 bits per heavy atom. The summed E-state index contributed by atoms with van der Waals surface area (Å²) in [6.07, 6.45) is -6.69. The zero-order valence-electron chi connectivity index (χ0n) is 18.2. The summed E-state index contributed by atoms with van der Waals surface area (Å²) in [7, 11) is 0. The second-order valence-electron chi connectivity index (χ2n) is 6.94. The van der Waals surface area contributed by atoms with Gasteiger partial charge in [-0.15, -0.1) is 0 Å². The van der Waals surface area contributed by atoms with Crippen LogP contribution in [0.25, 0.3) is 0 Å². The second kappa shape index (κ2) is 11.2. The predicted octanol–water partition coefficient (Wildman–Crippen LogP) is 1.06. The predicted molar refractivity (Wildman–Crippen MR) is 106 cm³/mol. The van der Waals surface area contributed by atoms with Crippen molar-refractivity contribution in [3.63, 3.8) is 0 Å². The molecule has 1 aliphatic heterocycles. The Kier molecular flexibility index (Phi) is 8.68. The van der Waals surface area contributed by atoms with Gasteiger partial charge in [0, 0.05) is 39.8 Å². The zero-order chi connectivity index (χ0) is 24.7. The molecule has 1 fully saturated rings. The minimum absolute atomic E-state index is 0.0986. The van der Waals surface area contributed by atoms with Crippen LogP contribution in [0, 0.1) is 10.1 Å². The molecule has 0 radical (unpaired) electrons. The summed E-state index contributed by atoms with van der Waals surface area (Å²) in [6.45, 7) is 4.05. The number of nitrogens with zero attached hydrogens (tertiary/aromatic N) is 1. The van der Waals surface area contributed by atoms with E-state index in [4.69, 9.17) is 28.4 Å². The van der Waals surface area contributed by atoms with E-state index in [0.717, 1.165) is 27.7 Å². The number of benzene rings is 1. The van der Waals surface area contributed by atoms with Crippen molar-refractivity contribution in [1.82, 2.24) is 0 Å². The highest BCUT2D eigenvalue weighted by Gasteiger charge is 2.53. The molecule has 13 nitrogen and oxygen atoms in total. The number of ether oxygens (including phenoxy) is 6. The molecule has 13 heteroatoms. The van der Waals surface area contributed by atoms with Crippen molar-refractivity contribution in [2.45, 2.75) is 58.4 Å². The topological polar surface area (TPSA) is 167 Å². The lowest BCUT2D eigenvalue weighted by Gasteiger charge is -2.43. The molecule has 0 unspecified atom stereocenters. The monoisotopic (exact) mass is 469 g/mol. The minimum atomic E-state index is -1.42. The van der Waals surface area contributed by atoms with Gasteiger partial charge in [0.2, 0.25) is 12.4 Å². The molecule has 1 aromatic rings. The molecule has 0 aliphatic carbocycles. The van der Waals surface area contributed by atoms with Gasteiger partial charge in [0.15, 0.2) is 12.2 Å². The Morgan fingerprint density at radius 2 is 1.36 bits per heavy atom. The first kappa shape index (κ1) is 25.5. The fraction of sp³-hybridized carbons (Fsp3) is 0.500. The number of esters is 4. The van der Waals surface area contributed by atoms with E-state index in [0.29, 0.717) is 0 Å². The highest BCUT2D eigenvalue weighted by atomic mass is 16.7. The molecule has 0 bridgehead atoms. The van der Waals surface area contributed by atoms with Crippen molar-refractivity contribution in [2.24, 2.45) is 0 Å². The lowest BCUT2D eigenvalue weighted by atomic mass is 9.98. The van der Waals surface area contributed by atoms with E-state index in [2.05, 4.69) is 0 Å². The summed E-state index contributed by atoms with van der Waals surface area (Å²) >= 11 is 0. The molecule has 5 atom stereocenters. The molecule has 0 saturated carbocycles. The largest absolute Gasteiger partial charge is 0.463 e. The van der Waals surface area contributed by atoms with Crippen LogP contribution in [0.15, 0.2) is 24.3 Å². The Morgan fingerprint density at radius 3 is 1.85 bits per heavy atom. The smallest absolute Gasteiger partial charge is 0.303 e. The Labute approximate surface area is 188 Å². The second-order valence-corrected chi connectivity index (χ2v) is 6.94. The average molecular weight is 469 g/mol. The third-order valence-corrected chi connectivity index (χ3v) is 4.25. The van der Waals surface area contributed by atoms with Crippen molar-refractivity contribution < 1.29 is 52.5 Å². The molecule has 1 aromatic carbocycles. The average Bonchev–Trinajstić information content (AvgIpc) is 2.70. The first-order valence-corrected chi connectivity index (χ1v) is 9.69. The van der Waals surface area contributed by atoms with Crippen LogP contribution in [0.2, 0.25) is 0 Å². The van der Waals surface area contributed by atoms with Gasteiger partial charge >= 0.3 is 23.9 Å². The van der Waals surface area contributed by atoms with Crippen molar-refractivity contribution in [3.05, 3.63) is 34.4 Å². The standard InChI is InChI=1S/C20H23NO12/c1-10(22)28-9-16-17(29-11(2)23)18(30-12(3)24)19(31-13(4)25)20(33-16)32-15-7-5-14(6-8-15)21(26)27/h5-8,16-20H,9H2,1-4H3/t16-,17+,18-,19+,20-/m0/s1. The fourth-order valence-corrected chi connectivity index (χ4v) is 3.06. The molecule has 1 saturated heterocycles. The molecule has 0 spiro atoms. The lowest BCUT2D eigenvalue weighted by molar-refractivity contribution is -0.384. The third-order valence-electron chi connectivity index (χ3n) is 4.25. The van der Waals surface area contributed by atoms with Gasteiger partial charge in [-0.25, -0.2) is 0 Å². The highest BCUT2D eigenvalue weighted by Crippen LogP contribution is 2.31. The van der Waals surface area contributed by atoms with Crippen LogP contribution in [-0.2, 0) is 42.9 Å². The maximum Gasteiger partial charge on any atom is 0.303 e. The van der Waals surface area contributed by atoms with E-state index in [1.54, 1.807) is 0 Å². The van der Waals surface area contributed by atoms with E-state index < -0.39 is 66.1 Å². The van der Waals surface area contributed by atoms with Gasteiger partial charge in [0.25, 0.3) is 5.69 Å². The van der Waals surface area contributed by atoms with Crippen molar-refractivity contribution in [1.29, 1.82) is 0 Å². The molecule has 0 amide bonds. The summed E-state index contributed by atoms with van der Waals surface area (Å²) in [5, 5.41) is 10.9. The number of hydrogen-bond donors (Lipinski definition) is 0. The van der Waals surface area contributed by atoms with E-state index in [1.165, 1.54) is 24.3 Å². The summed E-state index contributed by atoms with van der Waals surface area (Å²) in [4.78, 5) is 56.8. The Bertz CT molecular complexity index is 899. The first-order chi connectivity index (χ1) is 15.5. The molecule has 180 valence electrons. The van der Waals surface area contributed by atoms with Crippen molar-refractivity contribution in [3.8, 4) is 5.75 Å². The van der Waals surface area contributed by atoms with E-state index in [9.17, 15) is 29.3 Å². The van der Waals surface area contributed by atoms with Gasteiger partial charge in [-0.3, -0.25) is 29.3 Å². The lowest BCUT2D eigenvalue weighted by Crippen LogP contribution is -2.63. The van der Waals surface area contributed by atoms with Crippen LogP contribution in [0.4, 0.5) is 5.69 Å². The molecule has 33 heavy (non-hydrogen) atoms.